The molecule has 0 aromatic heterocycles. The van der Waals surface area contributed by atoms with Gasteiger partial charge in [-0.05, 0) is 37.3 Å². The molecular weight excluding hydrogens is 342 g/mol. The van der Waals surface area contributed by atoms with Gasteiger partial charge in [-0.2, -0.15) is 4.31 Å². The van der Waals surface area contributed by atoms with Crippen LogP contribution >= 0.6 is 0 Å². The second kappa shape index (κ2) is 8.16. The summed E-state index contributed by atoms with van der Waals surface area (Å²) in [4.78, 5) is 12.2. The van der Waals surface area contributed by atoms with E-state index < -0.39 is 16.1 Å². The molecule has 25 heavy (non-hydrogen) atoms. The standard InChI is InChI=1S/C17H27N3O4S/c1-12(2)10-14(18)17(21)19-13-6-7-16(15(11-13)24-3)25(22,23)20-8-4-5-9-20/h6-7,11-12,14H,4-5,8-10,18H2,1-3H3,(H,19,21)/t14-/m0/s1. The minimum absolute atomic E-state index is 0.112. The van der Waals surface area contributed by atoms with E-state index in [4.69, 9.17) is 10.5 Å². The summed E-state index contributed by atoms with van der Waals surface area (Å²) in [5.41, 5.74) is 6.33. The third-order valence-corrected chi connectivity index (χ3v) is 6.11. The molecule has 1 fully saturated rings. The maximum absolute atomic E-state index is 12.7. The molecule has 0 radical (unpaired) electrons. The number of benzene rings is 1. The number of sulfonamides is 1. The summed E-state index contributed by atoms with van der Waals surface area (Å²) < 4.78 is 32.1. The molecule has 1 aromatic carbocycles. The van der Waals surface area contributed by atoms with Crippen LogP contribution in [0.25, 0.3) is 0 Å². The minimum atomic E-state index is -3.59. The Kier molecular flexibility index (Phi) is 6.42. The lowest BCUT2D eigenvalue weighted by atomic mass is 10.0. The Bertz CT molecular complexity index is 713. The average molecular weight is 369 g/mol. The van der Waals surface area contributed by atoms with Crippen LogP contribution in [0, 0.1) is 5.92 Å². The Balaban J connectivity index is 2.20. The number of carbonyl (C=O) groups excluding carboxylic acids is 1. The maximum atomic E-state index is 12.7. The number of nitrogens with one attached hydrogen (secondary N) is 1. The molecule has 1 atom stereocenters. The first kappa shape index (κ1) is 19.7. The van der Waals surface area contributed by atoms with Gasteiger partial charge in [0.1, 0.15) is 10.6 Å². The summed E-state index contributed by atoms with van der Waals surface area (Å²) in [6, 6.07) is 3.93. The molecule has 1 aromatic rings. The average Bonchev–Trinajstić information content (AvgIpc) is 3.09. The number of anilines is 1. The molecule has 2 rings (SSSR count). The normalized spacial score (nSPS) is 16.8. The number of carbonyl (C=O) groups is 1. The van der Waals surface area contributed by atoms with Gasteiger partial charge in [0, 0.05) is 24.8 Å². The number of hydrogen-bond donors (Lipinski definition) is 2. The molecular formula is C17H27N3O4S. The van der Waals surface area contributed by atoms with Gasteiger partial charge in [-0.3, -0.25) is 4.79 Å². The van der Waals surface area contributed by atoms with Crippen molar-refractivity contribution in [3.63, 3.8) is 0 Å². The van der Waals surface area contributed by atoms with Crippen LogP contribution < -0.4 is 15.8 Å². The quantitative estimate of drug-likeness (QED) is 0.763. The molecule has 140 valence electrons. The molecule has 0 aliphatic carbocycles. The molecule has 1 amide bonds. The van der Waals surface area contributed by atoms with E-state index in [2.05, 4.69) is 5.32 Å². The van der Waals surface area contributed by atoms with E-state index >= 15 is 0 Å². The largest absolute Gasteiger partial charge is 0.495 e. The van der Waals surface area contributed by atoms with Crippen LogP contribution in [0.3, 0.4) is 0 Å². The molecule has 1 aliphatic rings. The molecule has 8 heteroatoms. The summed E-state index contributed by atoms with van der Waals surface area (Å²) in [5, 5.41) is 2.72. The SMILES string of the molecule is COc1cc(NC(=O)[C@@H](N)CC(C)C)ccc1S(=O)(=O)N1CCCC1. The second-order valence-electron chi connectivity index (χ2n) is 6.70. The fourth-order valence-electron chi connectivity index (χ4n) is 2.88. The number of nitrogens with two attached hydrogens (primary N) is 1. The van der Waals surface area contributed by atoms with Crippen LogP contribution in [0.2, 0.25) is 0 Å². The number of methoxy groups -OCH3 is 1. The Morgan fingerprint density at radius 3 is 2.52 bits per heavy atom. The summed E-state index contributed by atoms with van der Waals surface area (Å²) in [7, 11) is -2.18. The summed E-state index contributed by atoms with van der Waals surface area (Å²) in [6.07, 6.45) is 2.30. The number of rotatable bonds is 7. The molecule has 7 nitrogen and oxygen atoms in total. The molecule has 0 spiro atoms. The van der Waals surface area contributed by atoms with E-state index in [1.54, 1.807) is 6.07 Å². The summed E-state index contributed by atoms with van der Waals surface area (Å²) in [5.74, 6) is 0.219. The second-order valence-corrected chi connectivity index (χ2v) is 8.61. The highest BCUT2D eigenvalue weighted by molar-refractivity contribution is 7.89. The van der Waals surface area contributed by atoms with Gasteiger partial charge in [0.2, 0.25) is 15.9 Å². The molecule has 0 saturated carbocycles. The van der Waals surface area contributed by atoms with Crippen LogP contribution in [0.5, 0.6) is 5.75 Å². The van der Waals surface area contributed by atoms with Crippen LogP contribution in [0.1, 0.15) is 33.1 Å². The fraction of sp³-hybridized carbons (Fsp3) is 0.588. The molecule has 0 bridgehead atoms. The van der Waals surface area contributed by atoms with Gasteiger partial charge < -0.3 is 15.8 Å². The minimum Gasteiger partial charge on any atom is -0.495 e. The summed E-state index contributed by atoms with van der Waals surface area (Å²) in [6.45, 7) is 5.03. The first-order chi connectivity index (χ1) is 11.8. The Morgan fingerprint density at radius 1 is 1.32 bits per heavy atom. The highest BCUT2D eigenvalue weighted by atomic mass is 32.2. The van der Waals surface area contributed by atoms with Crippen LogP contribution in [-0.2, 0) is 14.8 Å². The monoisotopic (exact) mass is 369 g/mol. The topological polar surface area (TPSA) is 102 Å². The highest BCUT2D eigenvalue weighted by Gasteiger charge is 2.30. The van der Waals surface area contributed by atoms with E-state index in [-0.39, 0.29) is 16.6 Å². The van der Waals surface area contributed by atoms with Gasteiger partial charge in [0.25, 0.3) is 0 Å². The van der Waals surface area contributed by atoms with Crippen molar-refractivity contribution < 1.29 is 17.9 Å². The Labute approximate surface area is 149 Å². The predicted molar refractivity (Wildman–Crippen MR) is 97.0 cm³/mol. The van der Waals surface area contributed by atoms with Crippen LogP contribution in [-0.4, -0.2) is 44.9 Å². The highest BCUT2D eigenvalue weighted by Crippen LogP contribution is 2.31. The zero-order chi connectivity index (χ0) is 18.6. The fourth-order valence-corrected chi connectivity index (χ4v) is 4.53. The van der Waals surface area contributed by atoms with Crippen molar-refractivity contribution in [1.29, 1.82) is 0 Å². The Morgan fingerprint density at radius 2 is 1.96 bits per heavy atom. The van der Waals surface area contributed by atoms with E-state index in [1.807, 2.05) is 13.8 Å². The van der Waals surface area contributed by atoms with Crippen molar-refractivity contribution in [1.82, 2.24) is 4.31 Å². The van der Waals surface area contributed by atoms with Gasteiger partial charge in [0.15, 0.2) is 0 Å². The van der Waals surface area contributed by atoms with Gasteiger partial charge >= 0.3 is 0 Å². The zero-order valence-electron chi connectivity index (χ0n) is 15.0. The van der Waals surface area contributed by atoms with E-state index in [1.165, 1.54) is 23.5 Å². The number of hydrogen-bond acceptors (Lipinski definition) is 5. The number of ether oxygens (including phenoxy) is 1. The molecule has 3 N–H and O–H groups in total. The van der Waals surface area contributed by atoms with Crippen molar-refractivity contribution in [3.05, 3.63) is 18.2 Å². The van der Waals surface area contributed by atoms with Crippen molar-refractivity contribution in [2.24, 2.45) is 11.7 Å². The molecule has 1 saturated heterocycles. The lowest BCUT2D eigenvalue weighted by Gasteiger charge is -2.19. The van der Waals surface area contributed by atoms with E-state index in [0.29, 0.717) is 31.1 Å². The lowest BCUT2D eigenvalue weighted by Crippen LogP contribution is -2.36. The molecule has 1 heterocycles. The number of nitrogens with zero attached hydrogens (tertiary/aromatic N) is 1. The molecule has 1 aliphatic heterocycles. The van der Waals surface area contributed by atoms with Gasteiger partial charge in [-0.15, -0.1) is 0 Å². The first-order valence-corrected chi connectivity index (χ1v) is 9.94. The zero-order valence-corrected chi connectivity index (χ0v) is 15.8. The van der Waals surface area contributed by atoms with Crippen molar-refractivity contribution in [2.75, 3.05) is 25.5 Å². The number of amides is 1. The van der Waals surface area contributed by atoms with Crippen molar-refractivity contribution in [3.8, 4) is 5.75 Å². The van der Waals surface area contributed by atoms with E-state index in [0.717, 1.165) is 12.8 Å². The van der Waals surface area contributed by atoms with Gasteiger partial charge in [0.05, 0.1) is 13.2 Å². The lowest BCUT2D eigenvalue weighted by molar-refractivity contribution is -0.117. The third-order valence-electron chi connectivity index (χ3n) is 4.18. The van der Waals surface area contributed by atoms with Gasteiger partial charge in [-0.1, -0.05) is 13.8 Å². The predicted octanol–water partition coefficient (Wildman–Crippen LogP) is 1.79. The van der Waals surface area contributed by atoms with Crippen molar-refractivity contribution >= 4 is 21.6 Å². The van der Waals surface area contributed by atoms with Crippen LogP contribution in [0.4, 0.5) is 5.69 Å². The van der Waals surface area contributed by atoms with E-state index in [9.17, 15) is 13.2 Å². The first-order valence-electron chi connectivity index (χ1n) is 8.50. The Hall–Kier alpha value is -1.64. The smallest absolute Gasteiger partial charge is 0.246 e. The van der Waals surface area contributed by atoms with Crippen LogP contribution in [0.15, 0.2) is 23.1 Å². The van der Waals surface area contributed by atoms with Crippen molar-refractivity contribution in [2.45, 2.75) is 44.0 Å². The maximum Gasteiger partial charge on any atom is 0.246 e. The van der Waals surface area contributed by atoms with Gasteiger partial charge in [-0.25, -0.2) is 8.42 Å². The third kappa shape index (κ3) is 4.71. The molecule has 0 unspecified atom stereocenters. The summed E-state index contributed by atoms with van der Waals surface area (Å²) >= 11 is 0.